The average molecular weight is 225 g/mol. The molecule has 3 heteroatoms. The molecule has 1 aliphatic rings. The number of likely N-dealkylation sites (N-methyl/N-ethyl adjacent to an activating group) is 1. The maximum Gasteiger partial charge on any atom is 0.0479 e. The van der Waals surface area contributed by atoms with Gasteiger partial charge in [0.25, 0.3) is 0 Å². The highest BCUT2D eigenvalue weighted by Crippen LogP contribution is 2.37. The number of nitrogens with zero attached hydrogens (tertiary/aromatic N) is 1. The van der Waals surface area contributed by atoms with Crippen LogP contribution in [0, 0.1) is 0 Å². The molecule has 0 aliphatic carbocycles. The Hall–Kier alpha value is -0.730. The van der Waals surface area contributed by atoms with Crippen LogP contribution in [0.2, 0.25) is 5.02 Å². The molecule has 2 N–H and O–H groups in total. The summed E-state index contributed by atoms with van der Waals surface area (Å²) in [5.41, 5.74) is 8.52. The van der Waals surface area contributed by atoms with Crippen LogP contribution in [0.15, 0.2) is 18.2 Å². The van der Waals surface area contributed by atoms with Crippen molar-refractivity contribution >= 4 is 17.3 Å². The number of hydrogen-bond acceptors (Lipinski definition) is 2. The van der Waals surface area contributed by atoms with Crippen molar-refractivity contribution in [2.75, 3.05) is 11.4 Å². The van der Waals surface area contributed by atoms with Gasteiger partial charge < -0.3 is 10.6 Å². The molecule has 1 aromatic carbocycles. The van der Waals surface area contributed by atoms with Crippen molar-refractivity contribution in [1.82, 2.24) is 0 Å². The lowest BCUT2D eigenvalue weighted by molar-refractivity contribution is 0.539. The minimum atomic E-state index is 0.174. The molecule has 2 rings (SSSR count). The molecule has 0 saturated heterocycles. The summed E-state index contributed by atoms with van der Waals surface area (Å²) in [5.74, 6) is 0. The Morgan fingerprint density at radius 2 is 2.33 bits per heavy atom. The van der Waals surface area contributed by atoms with Gasteiger partial charge in [-0.15, -0.1) is 0 Å². The number of hydrogen-bond donors (Lipinski definition) is 1. The van der Waals surface area contributed by atoms with Gasteiger partial charge in [-0.05, 0) is 38.0 Å². The predicted molar refractivity (Wildman–Crippen MR) is 65.6 cm³/mol. The molecule has 15 heavy (non-hydrogen) atoms. The molecule has 1 heterocycles. The molecule has 2 nitrogen and oxygen atoms in total. The summed E-state index contributed by atoms with van der Waals surface area (Å²) in [6.07, 6.45) is 0.973. The Balaban J connectivity index is 2.41. The van der Waals surface area contributed by atoms with E-state index < -0.39 is 0 Å². The Labute approximate surface area is 96.0 Å². The molecule has 1 aliphatic heterocycles. The smallest absolute Gasteiger partial charge is 0.0479 e. The maximum absolute atomic E-state index is 6.19. The summed E-state index contributed by atoms with van der Waals surface area (Å²) in [5, 5.41) is 0.870. The second-order valence-corrected chi connectivity index (χ2v) is 4.56. The summed E-state index contributed by atoms with van der Waals surface area (Å²) in [6.45, 7) is 5.21. The van der Waals surface area contributed by atoms with Gasteiger partial charge >= 0.3 is 0 Å². The first-order chi connectivity index (χ1) is 7.15. The number of fused-ring (bicyclic) bond motifs is 1. The third kappa shape index (κ3) is 1.72. The van der Waals surface area contributed by atoms with E-state index in [1.165, 1.54) is 11.3 Å². The number of halogens is 1. The van der Waals surface area contributed by atoms with Crippen molar-refractivity contribution in [3.63, 3.8) is 0 Å². The molecule has 0 bridgehead atoms. The van der Waals surface area contributed by atoms with Gasteiger partial charge in [-0.3, -0.25) is 0 Å². The van der Waals surface area contributed by atoms with Crippen LogP contribution >= 0.6 is 11.6 Å². The van der Waals surface area contributed by atoms with Crippen molar-refractivity contribution in [1.29, 1.82) is 0 Å². The van der Waals surface area contributed by atoms with Crippen molar-refractivity contribution in [3.05, 3.63) is 28.8 Å². The van der Waals surface area contributed by atoms with Crippen LogP contribution in [0.25, 0.3) is 0 Å². The van der Waals surface area contributed by atoms with Crippen LogP contribution in [0.4, 0.5) is 5.69 Å². The van der Waals surface area contributed by atoms with Crippen molar-refractivity contribution in [2.24, 2.45) is 5.73 Å². The minimum Gasteiger partial charge on any atom is -0.367 e. The molecule has 82 valence electrons. The van der Waals surface area contributed by atoms with Crippen LogP contribution in [0.5, 0.6) is 0 Å². The first kappa shape index (κ1) is 10.8. The van der Waals surface area contributed by atoms with E-state index in [1.54, 1.807) is 0 Å². The first-order valence-corrected chi connectivity index (χ1v) is 5.82. The zero-order valence-electron chi connectivity index (χ0n) is 9.20. The number of anilines is 1. The second kappa shape index (κ2) is 4.03. The zero-order valence-corrected chi connectivity index (χ0v) is 9.96. The van der Waals surface area contributed by atoms with Crippen molar-refractivity contribution in [3.8, 4) is 0 Å². The molecule has 0 saturated carbocycles. The van der Waals surface area contributed by atoms with Crippen LogP contribution < -0.4 is 10.6 Å². The Morgan fingerprint density at radius 3 is 2.93 bits per heavy atom. The number of benzene rings is 1. The summed E-state index contributed by atoms with van der Waals surface area (Å²) in [6, 6.07) is 6.66. The van der Waals surface area contributed by atoms with Crippen LogP contribution in [0.3, 0.4) is 0 Å². The molecule has 0 fully saturated rings. The van der Waals surface area contributed by atoms with Crippen molar-refractivity contribution in [2.45, 2.75) is 32.4 Å². The third-order valence-corrected chi connectivity index (χ3v) is 3.52. The summed E-state index contributed by atoms with van der Waals surface area (Å²) >= 11 is 6.19. The summed E-state index contributed by atoms with van der Waals surface area (Å²) in [4.78, 5) is 2.35. The molecule has 0 radical (unpaired) electrons. The fraction of sp³-hybridized carbons (Fsp3) is 0.500. The van der Waals surface area contributed by atoms with Gasteiger partial charge in [0, 0.05) is 29.3 Å². The van der Waals surface area contributed by atoms with E-state index in [9.17, 15) is 0 Å². The number of rotatable bonds is 2. The quantitative estimate of drug-likeness (QED) is 0.836. The standard InChI is InChI=1S/C12H17ClN2/c1-3-15-11-6-4-5-10(13)9(11)7-12(15)8(2)14/h4-6,8,12H,3,7,14H2,1-2H3. The normalized spacial score (nSPS) is 21.6. The van der Waals surface area contributed by atoms with Gasteiger partial charge in [-0.1, -0.05) is 17.7 Å². The highest BCUT2D eigenvalue weighted by Gasteiger charge is 2.31. The highest BCUT2D eigenvalue weighted by molar-refractivity contribution is 6.31. The number of nitrogens with two attached hydrogens (primary N) is 1. The van der Waals surface area contributed by atoms with Crippen LogP contribution in [0.1, 0.15) is 19.4 Å². The van der Waals surface area contributed by atoms with E-state index in [4.69, 9.17) is 17.3 Å². The Morgan fingerprint density at radius 1 is 1.60 bits per heavy atom. The fourth-order valence-electron chi connectivity index (χ4n) is 2.39. The van der Waals surface area contributed by atoms with E-state index in [0.717, 1.165) is 18.0 Å². The summed E-state index contributed by atoms with van der Waals surface area (Å²) < 4.78 is 0. The molecule has 0 spiro atoms. The van der Waals surface area contributed by atoms with Crippen molar-refractivity contribution < 1.29 is 0 Å². The van der Waals surface area contributed by atoms with Gasteiger partial charge in [0.1, 0.15) is 0 Å². The summed E-state index contributed by atoms with van der Waals surface area (Å²) in [7, 11) is 0. The van der Waals surface area contributed by atoms with Gasteiger partial charge in [0.05, 0.1) is 0 Å². The third-order valence-electron chi connectivity index (χ3n) is 3.16. The fourth-order valence-corrected chi connectivity index (χ4v) is 2.64. The van der Waals surface area contributed by atoms with E-state index >= 15 is 0 Å². The van der Waals surface area contributed by atoms with Gasteiger partial charge in [-0.25, -0.2) is 0 Å². The molecule has 1 aromatic rings. The lowest BCUT2D eigenvalue weighted by atomic mass is 10.1. The lowest BCUT2D eigenvalue weighted by Crippen LogP contribution is -2.44. The van der Waals surface area contributed by atoms with Gasteiger partial charge in [0.2, 0.25) is 0 Å². The van der Waals surface area contributed by atoms with E-state index in [-0.39, 0.29) is 6.04 Å². The molecular formula is C12H17ClN2. The topological polar surface area (TPSA) is 29.3 Å². The van der Waals surface area contributed by atoms with Crippen LogP contribution in [-0.4, -0.2) is 18.6 Å². The largest absolute Gasteiger partial charge is 0.367 e. The monoisotopic (exact) mass is 224 g/mol. The average Bonchev–Trinajstić information content (AvgIpc) is 2.57. The van der Waals surface area contributed by atoms with E-state index in [1.807, 2.05) is 12.1 Å². The highest BCUT2D eigenvalue weighted by atomic mass is 35.5. The van der Waals surface area contributed by atoms with Gasteiger partial charge in [0.15, 0.2) is 0 Å². The first-order valence-electron chi connectivity index (χ1n) is 5.44. The molecular weight excluding hydrogens is 208 g/mol. The second-order valence-electron chi connectivity index (χ2n) is 4.15. The SMILES string of the molecule is CCN1c2cccc(Cl)c2CC1C(C)N. The maximum atomic E-state index is 6.19. The van der Waals surface area contributed by atoms with Gasteiger partial charge in [-0.2, -0.15) is 0 Å². The van der Waals surface area contributed by atoms with E-state index in [2.05, 4.69) is 24.8 Å². The van der Waals surface area contributed by atoms with E-state index in [0.29, 0.717) is 6.04 Å². The lowest BCUT2D eigenvalue weighted by Gasteiger charge is -2.28. The predicted octanol–water partition coefficient (Wildman–Crippen LogP) is 2.44. The molecule has 2 unspecified atom stereocenters. The Kier molecular flexibility index (Phi) is 2.89. The molecule has 0 amide bonds. The molecule has 0 aromatic heterocycles. The zero-order chi connectivity index (χ0) is 11.0. The molecule has 2 atom stereocenters. The van der Waals surface area contributed by atoms with Crippen LogP contribution in [-0.2, 0) is 6.42 Å². The Bertz CT molecular complexity index is 363. The minimum absolute atomic E-state index is 0.174.